The molecule has 4 aliphatic rings. The van der Waals surface area contributed by atoms with E-state index in [2.05, 4.69) is 20.8 Å². The van der Waals surface area contributed by atoms with Gasteiger partial charge < -0.3 is 20.4 Å². The van der Waals surface area contributed by atoms with E-state index < -0.39 is 12.1 Å². The zero-order chi connectivity index (χ0) is 21.1. The van der Waals surface area contributed by atoms with Gasteiger partial charge in [-0.2, -0.15) is 0 Å². The average Bonchev–Trinajstić information content (AvgIpc) is 3.01. The summed E-state index contributed by atoms with van der Waals surface area (Å²) < 4.78 is 0. The van der Waals surface area contributed by atoms with Crippen LogP contribution in [0.4, 0.5) is 0 Å². The molecule has 5 heteroatoms. The highest BCUT2D eigenvalue weighted by Crippen LogP contribution is 2.68. The molecule has 0 spiro atoms. The molecule has 4 saturated carbocycles. The summed E-state index contributed by atoms with van der Waals surface area (Å²) in [5.74, 6) is 0.997. The van der Waals surface area contributed by atoms with Crippen LogP contribution in [-0.2, 0) is 4.79 Å². The molecule has 4 fully saturated rings. The van der Waals surface area contributed by atoms with Crippen molar-refractivity contribution in [1.82, 2.24) is 0 Å². The molecular weight excluding hydrogens is 368 g/mol. The largest absolute Gasteiger partial charge is 0.481 e. The fraction of sp³-hybridized carbons (Fsp3) is 0.958. The van der Waals surface area contributed by atoms with Gasteiger partial charge >= 0.3 is 5.97 Å². The maximum absolute atomic E-state index is 11.5. The molecule has 5 nitrogen and oxygen atoms in total. The van der Waals surface area contributed by atoms with Gasteiger partial charge in [-0.25, -0.2) is 0 Å². The maximum Gasteiger partial charge on any atom is 0.303 e. The fourth-order valence-corrected chi connectivity index (χ4v) is 8.68. The Morgan fingerprint density at radius 1 is 1.03 bits per heavy atom. The molecule has 4 N–H and O–H groups in total. The molecule has 166 valence electrons. The van der Waals surface area contributed by atoms with Crippen LogP contribution >= 0.6 is 0 Å². The lowest BCUT2D eigenvalue weighted by Crippen LogP contribution is -2.62. The van der Waals surface area contributed by atoms with Crippen molar-refractivity contribution in [2.45, 2.75) is 96.9 Å². The Balaban J connectivity index is 1.61. The summed E-state index contributed by atoms with van der Waals surface area (Å²) in [6.45, 7) is 6.72. The number of fused-ring (bicyclic) bond motifs is 5. The molecule has 0 aromatic heterocycles. The molecule has 0 aliphatic heterocycles. The van der Waals surface area contributed by atoms with Gasteiger partial charge in [0.1, 0.15) is 0 Å². The normalized spacial score (nSPS) is 52.9. The molecular formula is C24H40O5. The molecule has 0 bridgehead atoms. The third kappa shape index (κ3) is 3.27. The van der Waals surface area contributed by atoms with E-state index in [9.17, 15) is 20.1 Å². The van der Waals surface area contributed by atoms with Crippen LogP contribution in [0.15, 0.2) is 0 Å². The van der Waals surface area contributed by atoms with E-state index in [0.717, 1.165) is 44.9 Å². The van der Waals surface area contributed by atoms with Crippen molar-refractivity contribution in [3.8, 4) is 0 Å². The van der Waals surface area contributed by atoms with Crippen molar-refractivity contribution >= 4 is 5.97 Å². The first-order valence-corrected chi connectivity index (χ1v) is 11.8. The monoisotopic (exact) mass is 408 g/mol. The summed E-state index contributed by atoms with van der Waals surface area (Å²) in [4.78, 5) is 11.1. The highest BCUT2D eigenvalue weighted by atomic mass is 16.4. The quantitative estimate of drug-likeness (QED) is 0.571. The van der Waals surface area contributed by atoms with Crippen LogP contribution in [0.2, 0.25) is 0 Å². The molecule has 4 rings (SSSR count). The minimum atomic E-state index is -0.748. The van der Waals surface area contributed by atoms with Crippen molar-refractivity contribution in [2.75, 3.05) is 0 Å². The van der Waals surface area contributed by atoms with Crippen LogP contribution in [-0.4, -0.2) is 44.7 Å². The predicted octanol–water partition coefficient (Wildman–Crippen LogP) is 3.45. The van der Waals surface area contributed by atoms with Crippen LogP contribution in [0.1, 0.15) is 78.6 Å². The number of hydrogen-bond donors (Lipinski definition) is 4. The maximum atomic E-state index is 11.5. The summed E-state index contributed by atoms with van der Waals surface area (Å²) in [5, 5.41) is 42.0. The molecule has 0 heterocycles. The van der Waals surface area contributed by atoms with E-state index in [1.54, 1.807) is 0 Å². The minimum absolute atomic E-state index is 0.0957. The smallest absolute Gasteiger partial charge is 0.303 e. The number of hydrogen-bond acceptors (Lipinski definition) is 4. The van der Waals surface area contributed by atoms with E-state index in [4.69, 9.17) is 5.11 Å². The number of carbonyl (C=O) groups is 1. The fourth-order valence-electron chi connectivity index (χ4n) is 8.68. The van der Waals surface area contributed by atoms with Crippen molar-refractivity contribution in [1.29, 1.82) is 0 Å². The first-order chi connectivity index (χ1) is 13.6. The number of aliphatic hydroxyl groups excluding tert-OH is 3. The summed E-state index contributed by atoms with van der Waals surface area (Å²) >= 11 is 0. The molecule has 0 saturated heterocycles. The van der Waals surface area contributed by atoms with Gasteiger partial charge in [0.05, 0.1) is 18.3 Å². The van der Waals surface area contributed by atoms with Crippen LogP contribution < -0.4 is 0 Å². The molecule has 0 radical (unpaired) electrons. The second-order valence-electron chi connectivity index (χ2n) is 11.4. The van der Waals surface area contributed by atoms with E-state index in [1.165, 1.54) is 0 Å². The third-order valence-corrected chi connectivity index (χ3v) is 10.3. The van der Waals surface area contributed by atoms with Gasteiger partial charge in [0.25, 0.3) is 0 Å². The summed E-state index contributed by atoms with van der Waals surface area (Å²) in [6.07, 6.45) is 6.00. The van der Waals surface area contributed by atoms with Crippen LogP contribution in [0, 0.1) is 46.3 Å². The summed E-state index contributed by atoms with van der Waals surface area (Å²) in [6, 6.07) is 0. The van der Waals surface area contributed by atoms with E-state index in [-0.39, 0.29) is 41.3 Å². The molecule has 7 unspecified atom stereocenters. The zero-order valence-corrected chi connectivity index (χ0v) is 18.3. The first kappa shape index (κ1) is 21.6. The average molecular weight is 409 g/mol. The van der Waals surface area contributed by atoms with Gasteiger partial charge in [-0.1, -0.05) is 20.8 Å². The molecule has 0 aromatic carbocycles. The topological polar surface area (TPSA) is 98.0 Å². The molecule has 11 atom stereocenters. The van der Waals surface area contributed by atoms with Crippen molar-refractivity contribution in [3.63, 3.8) is 0 Å². The summed E-state index contributed by atoms with van der Waals surface area (Å²) in [7, 11) is 0. The number of rotatable bonds is 4. The Morgan fingerprint density at radius 3 is 2.45 bits per heavy atom. The number of aliphatic carboxylic acids is 1. The Morgan fingerprint density at radius 2 is 1.76 bits per heavy atom. The summed E-state index contributed by atoms with van der Waals surface area (Å²) in [5.41, 5.74) is -0.143. The molecule has 0 aromatic rings. The van der Waals surface area contributed by atoms with E-state index in [1.807, 2.05) is 0 Å². The Hall–Kier alpha value is -0.650. The Labute approximate surface area is 174 Å². The van der Waals surface area contributed by atoms with Gasteiger partial charge in [0.15, 0.2) is 0 Å². The molecule has 29 heavy (non-hydrogen) atoms. The molecule has 0 amide bonds. The Kier molecular flexibility index (Phi) is 5.57. The van der Waals surface area contributed by atoms with Crippen LogP contribution in [0.5, 0.6) is 0 Å². The third-order valence-electron chi connectivity index (χ3n) is 10.3. The lowest BCUT2D eigenvalue weighted by atomic mass is 9.43. The van der Waals surface area contributed by atoms with Crippen molar-refractivity contribution in [3.05, 3.63) is 0 Å². The first-order valence-electron chi connectivity index (χ1n) is 11.8. The SMILES string of the molecule is CC(CCC(=O)O)C1CCC2C3C(CC(O)[C@]12C)[C@@]1(C)CCC(O)C[C@H]1C[C@H]3O. The Bertz CT molecular complexity index is 637. The van der Waals surface area contributed by atoms with Gasteiger partial charge in [-0.05, 0) is 97.7 Å². The van der Waals surface area contributed by atoms with Crippen LogP contribution in [0.3, 0.4) is 0 Å². The number of aliphatic hydroxyl groups is 3. The van der Waals surface area contributed by atoms with Crippen LogP contribution in [0.25, 0.3) is 0 Å². The van der Waals surface area contributed by atoms with Gasteiger partial charge in [0, 0.05) is 6.42 Å². The highest BCUT2D eigenvalue weighted by molar-refractivity contribution is 5.66. The standard InChI is InChI=1S/C24H40O5/c1-13(4-7-21(28)29)16-5-6-17-22-18(12-20(27)24(16,17)3)23(2)9-8-15(25)10-14(23)11-19(22)26/h13-20,22,25-27H,4-12H2,1-3H3,(H,28,29)/t13?,14-,15?,16?,17?,18?,19+,20?,22?,23-,24+/m0/s1. The second kappa shape index (κ2) is 7.49. The van der Waals surface area contributed by atoms with Crippen molar-refractivity contribution in [2.24, 2.45) is 46.3 Å². The lowest BCUT2D eigenvalue weighted by molar-refractivity contribution is -0.207. The van der Waals surface area contributed by atoms with E-state index >= 15 is 0 Å². The number of carboxylic acids is 1. The van der Waals surface area contributed by atoms with Crippen molar-refractivity contribution < 1.29 is 25.2 Å². The molecule has 4 aliphatic carbocycles. The van der Waals surface area contributed by atoms with E-state index in [0.29, 0.717) is 30.1 Å². The highest BCUT2D eigenvalue weighted by Gasteiger charge is 2.65. The van der Waals surface area contributed by atoms with Gasteiger partial charge in [0.2, 0.25) is 0 Å². The lowest BCUT2D eigenvalue weighted by Gasteiger charge is -2.63. The van der Waals surface area contributed by atoms with Gasteiger partial charge in [-0.15, -0.1) is 0 Å². The second-order valence-corrected chi connectivity index (χ2v) is 11.4. The number of carboxylic acid groups (broad SMARTS) is 1. The minimum Gasteiger partial charge on any atom is -0.481 e. The zero-order valence-electron chi connectivity index (χ0n) is 18.3. The van der Waals surface area contributed by atoms with Gasteiger partial charge in [-0.3, -0.25) is 4.79 Å². The predicted molar refractivity (Wildman–Crippen MR) is 110 cm³/mol.